The SMILES string of the molecule is O=C(O)Cn1nc2ccc(-c3cccc(F)c3)cc2n1. The molecule has 0 aliphatic rings. The van der Waals surface area contributed by atoms with Gasteiger partial charge in [-0.1, -0.05) is 18.2 Å². The first-order chi connectivity index (χ1) is 9.61. The van der Waals surface area contributed by atoms with Crippen LogP contribution in [0.5, 0.6) is 0 Å². The molecule has 0 bridgehead atoms. The van der Waals surface area contributed by atoms with Crippen molar-refractivity contribution in [1.29, 1.82) is 0 Å². The monoisotopic (exact) mass is 271 g/mol. The number of rotatable bonds is 3. The molecule has 0 aliphatic heterocycles. The minimum absolute atomic E-state index is 0.288. The van der Waals surface area contributed by atoms with Gasteiger partial charge in [0.25, 0.3) is 0 Å². The Labute approximate surface area is 113 Å². The van der Waals surface area contributed by atoms with Crippen molar-refractivity contribution in [2.45, 2.75) is 6.54 Å². The Morgan fingerprint density at radius 2 is 1.85 bits per heavy atom. The zero-order chi connectivity index (χ0) is 14.1. The van der Waals surface area contributed by atoms with Crippen LogP contribution in [0.4, 0.5) is 4.39 Å². The van der Waals surface area contributed by atoms with Crippen LogP contribution in [0.1, 0.15) is 0 Å². The van der Waals surface area contributed by atoms with Gasteiger partial charge in [0.05, 0.1) is 0 Å². The molecule has 1 heterocycles. The number of carbonyl (C=O) groups is 1. The Balaban J connectivity index is 2.04. The molecule has 2 aromatic carbocycles. The molecule has 6 heteroatoms. The van der Waals surface area contributed by atoms with Crippen molar-refractivity contribution in [3.8, 4) is 11.1 Å². The number of aliphatic carboxylic acids is 1. The van der Waals surface area contributed by atoms with E-state index < -0.39 is 5.97 Å². The molecule has 1 aromatic heterocycles. The number of fused-ring (bicyclic) bond motifs is 1. The van der Waals surface area contributed by atoms with Gasteiger partial charge in [0.15, 0.2) is 6.54 Å². The Bertz CT molecular complexity index is 798. The van der Waals surface area contributed by atoms with Gasteiger partial charge in [0, 0.05) is 0 Å². The summed E-state index contributed by atoms with van der Waals surface area (Å²) in [4.78, 5) is 11.8. The number of hydrogen-bond acceptors (Lipinski definition) is 3. The van der Waals surface area contributed by atoms with Crippen LogP contribution in [-0.2, 0) is 11.3 Å². The number of hydrogen-bond donors (Lipinski definition) is 1. The van der Waals surface area contributed by atoms with Gasteiger partial charge < -0.3 is 5.11 Å². The number of benzene rings is 2. The lowest BCUT2D eigenvalue weighted by atomic mass is 10.1. The van der Waals surface area contributed by atoms with E-state index in [-0.39, 0.29) is 12.4 Å². The summed E-state index contributed by atoms with van der Waals surface area (Å²) in [6, 6.07) is 11.5. The summed E-state index contributed by atoms with van der Waals surface area (Å²) in [6.07, 6.45) is 0. The lowest BCUT2D eigenvalue weighted by molar-refractivity contribution is -0.138. The Morgan fingerprint density at radius 3 is 2.60 bits per heavy atom. The molecule has 0 unspecified atom stereocenters. The summed E-state index contributed by atoms with van der Waals surface area (Å²) < 4.78 is 13.2. The van der Waals surface area contributed by atoms with Gasteiger partial charge in [-0.05, 0) is 35.4 Å². The third-order valence-corrected chi connectivity index (χ3v) is 2.86. The zero-order valence-electron chi connectivity index (χ0n) is 10.3. The molecular weight excluding hydrogens is 261 g/mol. The van der Waals surface area contributed by atoms with Crippen LogP contribution >= 0.6 is 0 Å². The molecule has 0 atom stereocenters. The van der Waals surface area contributed by atoms with Gasteiger partial charge in [-0.2, -0.15) is 15.0 Å². The molecule has 0 amide bonds. The van der Waals surface area contributed by atoms with E-state index in [1.54, 1.807) is 30.3 Å². The van der Waals surface area contributed by atoms with Crippen molar-refractivity contribution in [3.05, 3.63) is 48.3 Å². The van der Waals surface area contributed by atoms with Gasteiger partial charge >= 0.3 is 5.97 Å². The van der Waals surface area contributed by atoms with Crippen molar-refractivity contribution in [2.75, 3.05) is 0 Å². The van der Waals surface area contributed by atoms with E-state index in [0.29, 0.717) is 11.0 Å². The minimum atomic E-state index is -1.00. The smallest absolute Gasteiger partial charge is 0.327 e. The second kappa shape index (κ2) is 4.73. The van der Waals surface area contributed by atoms with Crippen LogP contribution in [0.2, 0.25) is 0 Å². The van der Waals surface area contributed by atoms with Crippen LogP contribution in [0, 0.1) is 5.82 Å². The van der Waals surface area contributed by atoms with Gasteiger partial charge in [-0.25, -0.2) is 4.39 Å². The van der Waals surface area contributed by atoms with E-state index in [1.807, 2.05) is 0 Å². The molecule has 0 radical (unpaired) electrons. The molecule has 100 valence electrons. The topological polar surface area (TPSA) is 68.0 Å². The van der Waals surface area contributed by atoms with E-state index in [2.05, 4.69) is 10.2 Å². The molecule has 3 aromatic rings. The largest absolute Gasteiger partial charge is 0.480 e. The van der Waals surface area contributed by atoms with Crippen LogP contribution in [0.15, 0.2) is 42.5 Å². The molecule has 20 heavy (non-hydrogen) atoms. The molecule has 0 aliphatic carbocycles. The predicted octanol–water partition coefficient (Wildman–Crippen LogP) is 2.32. The summed E-state index contributed by atoms with van der Waals surface area (Å²) in [5.41, 5.74) is 2.72. The fraction of sp³-hybridized carbons (Fsp3) is 0.0714. The maximum atomic E-state index is 13.2. The molecule has 0 fully saturated rings. The Morgan fingerprint density at radius 1 is 1.10 bits per heavy atom. The molecule has 0 saturated carbocycles. The predicted molar refractivity (Wildman–Crippen MR) is 70.6 cm³/mol. The number of nitrogens with zero attached hydrogens (tertiary/aromatic N) is 3. The van der Waals surface area contributed by atoms with Crippen molar-refractivity contribution in [3.63, 3.8) is 0 Å². The van der Waals surface area contributed by atoms with Gasteiger partial charge in [-0.3, -0.25) is 4.79 Å². The third kappa shape index (κ3) is 2.35. The van der Waals surface area contributed by atoms with Crippen LogP contribution < -0.4 is 0 Å². The highest BCUT2D eigenvalue weighted by molar-refractivity contribution is 5.81. The van der Waals surface area contributed by atoms with Crippen molar-refractivity contribution in [1.82, 2.24) is 15.0 Å². The number of halogens is 1. The first-order valence-corrected chi connectivity index (χ1v) is 5.94. The molecule has 0 saturated heterocycles. The first-order valence-electron chi connectivity index (χ1n) is 5.94. The van der Waals surface area contributed by atoms with Crippen LogP contribution in [0.25, 0.3) is 22.2 Å². The highest BCUT2D eigenvalue weighted by Gasteiger charge is 2.07. The lowest BCUT2D eigenvalue weighted by Gasteiger charge is -2.00. The van der Waals surface area contributed by atoms with Crippen molar-refractivity contribution < 1.29 is 14.3 Å². The number of aromatic nitrogens is 3. The van der Waals surface area contributed by atoms with E-state index >= 15 is 0 Å². The number of carboxylic acids is 1. The average Bonchev–Trinajstić information content (AvgIpc) is 2.78. The maximum Gasteiger partial charge on any atom is 0.327 e. The molecule has 3 rings (SSSR count). The maximum absolute atomic E-state index is 13.2. The quantitative estimate of drug-likeness (QED) is 0.793. The van der Waals surface area contributed by atoms with E-state index in [9.17, 15) is 9.18 Å². The summed E-state index contributed by atoms with van der Waals surface area (Å²) in [5, 5.41) is 16.9. The molecule has 1 N–H and O–H groups in total. The fourth-order valence-electron chi connectivity index (χ4n) is 2.00. The minimum Gasteiger partial charge on any atom is -0.480 e. The Hall–Kier alpha value is -2.76. The standard InChI is InChI=1S/C14H10FN3O2/c15-11-3-1-2-9(6-11)10-4-5-12-13(7-10)17-18(16-12)8-14(19)20/h1-7H,8H2,(H,19,20). The van der Waals surface area contributed by atoms with Crippen LogP contribution in [-0.4, -0.2) is 26.1 Å². The second-order valence-electron chi connectivity index (χ2n) is 4.34. The van der Waals surface area contributed by atoms with E-state index in [1.165, 1.54) is 12.1 Å². The normalized spacial score (nSPS) is 10.8. The van der Waals surface area contributed by atoms with E-state index in [0.717, 1.165) is 15.9 Å². The Kier molecular flexibility index (Phi) is 2.90. The molecular formula is C14H10FN3O2. The molecule has 5 nitrogen and oxygen atoms in total. The second-order valence-corrected chi connectivity index (χ2v) is 4.34. The average molecular weight is 271 g/mol. The number of carboxylic acid groups (broad SMARTS) is 1. The summed E-state index contributed by atoms with van der Waals surface area (Å²) >= 11 is 0. The van der Waals surface area contributed by atoms with Crippen LogP contribution in [0.3, 0.4) is 0 Å². The highest BCUT2D eigenvalue weighted by Crippen LogP contribution is 2.23. The zero-order valence-corrected chi connectivity index (χ0v) is 10.3. The summed E-state index contributed by atoms with van der Waals surface area (Å²) in [7, 11) is 0. The van der Waals surface area contributed by atoms with Gasteiger partial charge in [0.1, 0.15) is 16.9 Å². The molecule has 0 spiro atoms. The lowest BCUT2D eigenvalue weighted by Crippen LogP contribution is -2.11. The summed E-state index contributed by atoms with van der Waals surface area (Å²) in [5.74, 6) is -1.31. The summed E-state index contributed by atoms with van der Waals surface area (Å²) in [6.45, 7) is -0.288. The van der Waals surface area contributed by atoms with Crippen molar-refractivity contribution >= 4 is 17.0 Å². The van der Waals surface area contributed by atoms with Gasteiger partial charge in [-0.15, -0.1) is 0 Å². The first kappa shape index (κ1) is 12.3. The highest BCUT2D eigenvalue weighted by atomic mass is 19.1. The fourth-order valence-corrected chi connectivity index (χ4v) is 2.00. The third-order valence-electron chi connectivity index (χ3n) is 2.86. The van der Waals surface area contributed by atoms with Crippen molar-refractivity contribution in [2.24, 2.45) is 0 Å². The van der Waals surface area contributed by atoms with Gasteiger partial charge in [0.2, 0.25) is 0 Å². The van der Waals surface area contributed by atoms with E-state index in [4.69, 9.17) is 5.11 Å².